The average Bonchev–Trinajstić information content (AvgIpc) is 2.97. The second-order valence-electron chi connectivity index (χ2n) is 5.15. The van der Waals surface area contributed by atoms with E-state index in [0.717, 1.165) is 12.8 Å². The van der Waals surface area contributed by atoms with E-state index < -0.39 is 0 Å². The van der Waals surface area contributed by atoms with Gasteiger partial charge in [-0.2, -0.15) is 0 Å². The second kappa shape index (κ2) is 6.06. The van der Waals surface area contributed by atoms with Crippen LogP contribution in [0.25, 0.3) is 0 Å². The van der Waals surface area contributed by atoms with Crippen molar-refractivity contribution in [2.75, 3.05) is 6.26 Å². The third kappa shape index (κ3) is 3.01. The van der Waals surface area contributed by atoms with Gasteiger partial charge in [0.1, 0.15) is 5.37 Å². The van der Waals surface area contributed by atoms with E-state index in [4.69, 9.17) is 0 Å². The van der Waals surface area contributed by atoms with E-state index >= 15 is 0 Å². The fraction of sp³-hybridized carbons (Fsp3) is 0.923. The van der Waals surface area contributed by atoms with E-state index in [0.29, 0.717) is 17.7 Å². The highest BCUT2D eigenvalue weighted by Gasteiger charge is 2.30. The van der Waals surface area contributed by atoms with Gasteiger partial charge in [0.05, 0.1) is 0 Å². The van der Waals surface area contributed by atoms with Crippen LogP contribution in [0.15, 0.2) is 0 Å². The van der Waals surface area contributed by atoms with Gasteiger partial charge >= 0.3 is 0 Å². The van der Waals surface area contributed by atoms with Crippen molar-refractivity contribution in [3.63, 3.8) is 0 Å². The number of Topliss-reactive ketones (excluding diaryl/α,β-unsaturated/α-hetero) is 1. The molecule has 3 heteroatoms. The van der Waals surface area contributed by atoms with Crippen molar-refractivity contribution in [3.8, 4) is 0 Å². The van der Waals surface area contributed by atoms with E-state index in [9.17, 15) is 4.79 Å². The number of carbonyl (C=O) groups excluding carboxylic acids is 1. The van der Waals surface area contributed by atoms with E-state index in [-0.39, 0.29) is 5.37 Å². The summed E-state index contributed by atoms with van der Waals surface area (Å²) in [5.41, 5.74) is 0. The van der Waals surface area contributed by atoms with Crippen LogP contribution in [0.2, 0.25) is 0 Å². The zero-order valence-electron chi connectivity index (χ0n) is 10.2. The largest absolute Gasteiger partial charge is 0.297 e. The lowest BCUT2D eigenvalue weighted by atomic mass is 10.0. The normalized spacial score (nSPS) is 25.1. The Balaban J connectivity index is 1.84. The van der Waals surface area contributed by atoms with Gasteiger partial charge < -0.3 is 0 Å². The predicted molar refractivity (Wildman–Crippen MR) is 69.7 cm³/mol. The number of hydrogen-bond donors (Lipinski definition) is 1. The molecule has 0 aromatic heterocycles. The number of rotatable bonds is 5. The maximum atomic E-state index is 12.3. The molecule has 2 nitrogen and oxygen atoms in total. The van der Waals surface area contributed by atoms with Crippen LogP contribution >= 0.6 is 11.8 Å². The summed E-state index contributed by atoms with van der Waals surface area (Å²) in [6.45, 7) is 0. The molecular formula is C13H23NOS. The first-order chi connectivity index (χ1) is 7.81. The first-order valence-electron chi connectivity index (χ1n) is 6.64. The first-order valence-corrected chi connectivity index (χ1v) is 7.92. The summed E-state index contributed by atoms with van der Waals surface area (Å²) in [7, 11) is 0. The number of nitrogens with one attached hydrogen (secondary N) is 1. The van der Waals surface area contributed by atoms with Gasteiger partial charge in [-0.25, -0.2) is 0 Å². The molecule has 1 unspecified atom stereocenters. The minimum Gasteiger partial charge on any atom is -0.297 e. The molecule has 2 fully saturated rings. The minimum absolute atomic E-state index is 0.0613. The van der Waals surface area contributed by atoms with Crippen LogP contribution in [-0.4, -0.2) is 23.5 Å². The molecule has 2 saturated carbocycles. The van der Waals surface area contributed by atoms with Crippen molar-refractivity contribution in [1.29, 1.82) is 0 Å². The van der Waals surface area contributed by atoms with Crippen LogP contribution in [0.3, 0.4) is 0 Å². The Morgan fingerprint density at radius 3 is 2.25 bits per heavy atom. The highest BCUT2D eigenvalue weighted by Crippen LogP contribution is 2.29. The van der Waals surface area contributed by atoms with Crippen molar-refractivity contribution in [2.24, 2.45) is 5.92 Å². The molecule has 0 aromatic carbocycles. The molecule has 92 valence electrons. The number of hydrogen-bond acceptors (Lipinski definition) is 3. The molecule has 0 radical (unpaired) electrons. The molecule has 2 aliphatic carbocycles. The molecule has 0 bridgehead atoms. The number of ketones is 1. The summed E-state index contributed by atoms with van der Waals surface area (Å²) in [5, 5.41) is 3.62. The third-order valence-corrected chi connectivity index (χ3v) is 4.83. The summed E-state index contributed by atoms with van der Waals surface area (Å²) >= 11 is 1.69. The van der Waals surface area contributed by atoms with Gasteiger partial charge in [-0.15, -0.1) is 11.8 Å². The number of carbonyl (C=O) groups is 1. The average molecular weight is 241 g/mol. The first kappa shape index (κ1) is 12.4. The van der Waals surface area contributed by atoms with Crippen LogP contribution in [-0.2, 0) is 4.79 Å². The molecule has 1 N–H and O–H groups in total. The highest BCUT2D eigenvalue weighted by molar-refractivity contribution is 7.99. The lowest BCUT2D eigenvalue weighted by Crippen LogP contribution is -2.42. The van der Waals surface area contributed by atoms with Gasteiger partial charge in [0.15, 0.2) is 5.78 Å². The third-order valence-electron chi connectivity index (χ3n) is 3.99. The summed E-state index contributed by atoms with van der Waals surface area (Å²) in [5.74, 6) is 0.822. The van der Waals surface area contributed by atoms with Crippen LogP contribution in [0, 0.1) is 5.92 Å². The summed E-state index contributed by atoms with van der Waals surface area (Å²) in [6.07, 6.45) is 12.0. The molecule has 0 spiro atoms. The molecule has 0 heterocycles. The maximum Gasteiger partial charge on any atom is 0.163 e. The van der Waals surface area contributed by atoms with Gasteiger partial charge in [0, 0.05) is 12.0 Å². The number of thioether (sulfide) groups is 1. The van der Waals surface area contributed by atoms with Crippen molar-refractivity contribution >= 4 is 17.5 Å². The molecule has 16 heavy (non-hydrogen) atoms. The van der Waals surface area contributed by atoms with Crippen LogP contribution in [0.4, 0.5) is 0 Å². The van der Waals surface area contributed by atoms with Crippen molar-refractivity contribution in [1.82, 2.24) is 5.32 Å². The second-order valence-corrected chi connectivity index (χ2v) is 6.09. The summed E-state index contributed by atoms with van der Waals surface area (Å²) in [6, 6.07) is 0.600. The SMILES string of the molecule is CSC(NC1CCCC1)C(=O)C1CCCC1. The Morgan fingerprint density at radius 2 is 1.69 bits per heavy atom. The Bertz CT molecular complexity index is 232. The topological polar surface area (TPSA) is 29.1 Å². The lowest BCUT2D eigenvalue weighted by Gasteiger charge is -2.22. The van der Waals surface area contributed by atoms with Crippen molar-refractivity contribution in [3.05, 3.63) is 0 Å². The highest BCUT2D eigenvalue weighted by atomic mass is 32.2. The van der Waals surface area contributed by atoms with Crippen LogP contribution in [0.5, 0.6) is 0 Å². The summed E-state index contributed by atoms with van der Waals surface area (Å²) in [4.78, 5) is 12.3. The smallest absolute Gasteiger partial charge is 0.163 e. The van der Waals surface area contributed by atoms with E-state index in [1.165, 1.54) is 38.5 Å². The molecule has 0 amide bonds. The predicted octanol–water partition coefficient (Wildman–Crippen LogP) is 2.97. The van der Waals surface area contributed by atoms with Crippen molar-refractivity contribution < 1.29 is 4.79 Å². The molecule has 2 rings (SSSR count). The van der Waals surface area contributed by atoms with Crippen LogP contribution < -0.4 is 5.32 Å². The van der Waals surface area contributed by atoms with E-state index in [2.05, 4.69) is 11.6 Å². The monoisotopic (exact) mass is 241 g/mol. The quantitative estimate of drug-likeness (QED) is 0.750. The van der Waals surface area contributed by atoms with Gasteiger partial charge in [-0.3, -0.25) is 10.1 Å². The van der Waals surface area contributed by atoms with E-state index in [1.807, 2.05) is 0 Å². The Kier molecular flexibility index (Phi) is 4.71. The molecule has 0 aromatic rings. The fourth-order valence-electron chi connectivity index (χ4n) is 3.00. The van der Waals surface area contributed by atoms with Crippen molar-refractivity contribution in [2.45, 2.75) is 62.8 Å². The standard InChI is InChI=1S/C13H23NOS/c1-16-13(14-11-8-4-5-9-11)12(15)10-6-2-3-7-10/h10-11,13-14H,2-9H2,1H3. The molecule has 2 aliphatic rings. The Labute approximate surface area is 103 Å². The Morgan fingerprint density at radius 1 is 1.12 bits per heavy atom. The molecule has 0 saturated heterocycles. The van der Waals surface area contributed by atoms with Gasteiger partial charge in [-0.05, 0) is 31.9 Å². The maximum absolute atomic E-state index is 12.3. The molecule has 0 aliphatic heterocycles. The molecule has 1 atom stereocenters. The zero-order valence-corrected chi connectivity index (χ0v) is 11.0. The van der Waals surface area contributed by atoms with Gasteiger partial charge in [0.2, 0.25) is 0 Å². The fourth-order valence-corrected chi connectivity index (χ4v) is 3.75. The summed E-state index contributed by atoms with van der Waals surface area (Å²) < 4.78 is 0. The van der Waals surface area contributed by atoms with Crippen LogP contribution in [0.1, 0.15) is 51.4 Å². The zero-order chi connectivity index (χ0) is 11.4. The Hall–Kier alpha value is -0.0200. The lowest BCUT2D eigenvalue weighted by molar-refractivity contribution is -0.122. The van der Waals surface area contributed by atoms with E-state index in [1.54, 1.807) is 11.8 Å². The van der Waals surface area contributed by atoms with Gasteiger partial charge in [-0.1, -0.05) is 25.7 Å². The minimum atomic E-state index is 0.0613. The van der Waals surface area contributed by atoms with Gasteiger partial charge in [0.25, 0.3) is 0 Å². The molecular weight excluding hydrogens is 218 g/mol.